The first-order valence-electron chi connectivity index (χ1n) is 26.4. The van der Waals surface area contributed by atoms with E-state index in [0.29, 0.717) is 0 Å². The lowest BCUT2D eigenvalue weighted by Gasteiger charge is -2.30. The molecule has 0 N–H and O–H groups in total. The molecular weight excluding hydrogens is 891 g/mol. The van der Waals surface area contributed by atoms with E-state index in [1.165, 1.54) is 132 Å². The standard InChI is InChI=1S/C73H55N/c1-71(2)63-24-14-11-19-53(63)56-34-30-49(41-66(56)71)70-60-23-10-9-22-59(60)69(61-39-44-17-7-8-18-45(44)40-62(61)70)48-28-27-47-38-50(31-29-46(47)37-48)74(51-32-35-57-54-20-12-15-25-64(54)72(3,4)67(57)42-51)52-33-36-58-55-21-13-16-26-65(55)73(5,6)68(58)43-52/h7-43H,1-6H3. The van der Waals surface area contributed by atoms with Crippen LogP contribution in [-0.2, 0) is 16.2 Å². The third kappa shape index (κ3) is 5.99. The number of anilines is 3. The topological polar surface area (TPSA) is 3.24 Å². The molecule has 0 radical (unpaired) electrons. The van der Waals surface area contributed by atoms with E-state index in [2.05, 4.69) is 271 Å². The fourth-order valence-corrected chi connectivity index (χ4v) is 14.0. The molecule has 74 heavy (non-hydrogen) atoms. The van der Waals surface area contributed by atoms with Gasteiger partial charge in [0, 0.05) is 33.3 Å². The van der Waals surface area contributed by atoms with Crippen molar-refractivity contribution in [1.82, 2.24) is 0 Å². The molecular formula is C73H55N. The van der Waals surface area contributed by atoms with Crippen LogP contribution in [0.4, 0.5) is 17.1 Å². The maximum atomic E-state index is 2.50. The van der Waals surface area contributed by atoms with Gasteiger partial charge in [0.1, 0.15) is 0 Å². The summed E-state index contributed by atoms with van der Waals surface area (Å²) in [6.45, 7) is 14.3. The Labute approximate surface area is 434 Å². The normalized spacial score (nSPS) is 14.9. The van der Waals surface area contributed by atoms with Gasteiger partial charge in [-0.2, -0.15) is 0 Å². The van der Waals surface area contributed by atoms with Crippen molar-refractivity contribution in [3.05, 3.63) is 258 Å². The lowest BCUT2D eigenvalue weighted by Crippen LogP contribution is -2.18. The molecule has 1 heteroatoms. The molecule has 12 aromatic carbocycles. The Bertz CT molecular complexity index is 4300. The number of fused-ring (bicyclic) bond motifs is 13. The summed E-state index contributed by atoms with van der Waals surface area (Å²) >= 11 is 0. The zero-order chi connectivity index (χ0) is 49.8. The molecule has 0 aliphatic heterocycles. The fourth-order valence-electron chi connectivity index (χ4n) is 14.0. The minimum Gasteiger partial charge on any atom is -0.310 e. The van der Waals surface area contributed by atoms with Crippen LogP contribution in [0.2, 0.25) is 0 Å². The van der Waals surface area contributed by atoms with E-state index in [-0.39, 0.29) is 16.2 Å². The van der Waals surface area contributed by atoms with Crippen molar-refractivity contribution >= 4 is 60.2 Å². The van der Waals surface area contributed by atoms with Crippen LogP contribution in [0.5, 0.6) is 0 Å². The van der Waals surface area contributed by atoms with Gasteiger partial charge in [-0.3, -0.25) is 0 Å². The van der Waals surface area contributed by atoms with Gasteiger partial charge in [-0.25, -0.2) is 0 Å². The Balaban J connectivity index is 0.903. The predicted octanol–water partition coefficient (Wildman–Crippen LogP) is 20.0. The molecule has 0 amide bonds. The van der Waals surface area contributed by atoms with Gasteiger partial charge in [0.05, 0.1) is 0 Å². The Morgan fingerprint density at radius 3 is 1.09 bits per heavy atom. The molecule has 352 valence electrons. The molecule has 0 atom stereocenters. The van der Waals surface area contributed by atoms with Crippen LogP contribution in [0.15, 0.2) is 224 Å². The van der Waals surface area contributed by atoms with Crippen LogP contribution < -0.4 is 4.90 Å². The summed E-state index contributed by atoms with van der Waals surface area (Å²) in [7, 11) is 0. The van der Waals surface area contributed by atoms with E-state index in [9.17, 15) is 0 Å². The molecule has 0 heterocycles. The second-order valence-electron chi connectivity index (χ2n) is 22.9. The first kappa shape index (κ1) is 43.1. The Kier molecular flexibility index (Phi) is 8.89. The fraction of sp³-hybridized carbons (Fsp3) is 0.123. The van der Waals surface area contributed by atoms with Crippen molar-refractivity contribution < 1.29 is 0 Å². The van der Waals surface area contributed by atoms with Gasteiger partial charge in [-0.05, 0) is 193 Å². The lowest BCUT2D eigenvalue weighted by atomic mass is 9.80. The molecule has 3 aliphatic carbocycles. The van der Waals surface area contributed by atoms with Crippen LogP contribution in [0.1, 0.15) is 74.9 Å². The largest absolute Gasteiger partial charge is 0.310 e. The summed E-state index contributed by atoms with van der Waals surface area (Å²) in [6, 6.07) is 85.5. The van der Waals surface area contributed by atoms with E-state index < -0.39 is 0 Å². The van der Waals surface area contributed by atoms with E-state index in [1.807, 2.05) is 0 Å². The van der Waals surface area contributed by atoms with Gasteiger partial charge >= 0.3 is 0 Å². The van der Waals surface area contributed by atoms with Crippen molar-refractivity contribution in [3.63, 3.8) is 0 Å². The van der Waals surface area contributed by atoms with Gasteiger partial charge in [-0.15, -0.1) is 0 Å². The van der Waals surface area contributed by atoms with Crippen molar-refractivity contribution in [1.29, 1.82) is 0 Å². The molecule has 0 saturated carbocycles. The summed E-state index contributed by atoms with van der Waals surface area (Å²) in [5, 5.41) is 9.99. The Hall–Kier alpha value is -8.52. The second kappa shape index (κ2) is 15.3. The molecule has 15 rings (SSSR count). The molecule has 0 unspecified atom stereocenters. The third-order valence-electron chi connectivity index (χ3n) is 17.8. The van der Waals surface area contributed by atoms with Crippen LogP contribution in [0.25, 0.3) is 98.7 Å². The molecule has 0 fully saturated rings. The summed E-state index contributed by atoms with van der Waals surface area (Å²) < 4.78 is 0. The number of hydrogen-bond donors (Lipinski definition) is 0. The van der Waals surface area contributed by atoms with Gasteiger partial charge in [0.25, 0.3) is 0 Å². The zero-order valence-corrected chi connectivity index (χ0v) is 42.8. The van der Waals surface area contributed by atoms with E-state index in [4.69, 9.17) is 0 Å². The summed E-state index contributed by atoms with van der Waals surface area (Å²) in [4.78, 5) is 2.50. The quantitative estimate of drug-likeness (QED) is 0.155. The average Bonchev–Trinajstić information content (AvgIpc) is 3.97. The molecule has 12 aromatic rings. The van der Waals surface area contributed by atoms with Crippen molar-refractivity contribution in [2.45, 2.75) is 57.8 Å². The average molecular weight is 946 g/mol. The van der Waals surface area contributed by atoms with E-state index >= 15 is 0 Å². The van der Waals surface area contributed by atoms with Crippen LogP contribution in [-0.4, -0.2) is 0 Å². The van der Waals surface area contributed by atoms with Gasteiger partial charge in [0.2, 0.25) is 0 Å². The molecule has 1 nitrogen and oxygen atoms in total. The van der Waals surface area contributed by atoms with E-state index in [1.54, 1.807) is 0 Å². The summed E-state index contributed by atoms with van der Waals surface area (Å²) in [5.74, 6) is 0. The highest BCUT2D eigenvalue weighted by atomic mass is 15.1. The van der Waals surface area contributed by atoms with Gasteiger partial charge in [0.15, 0.2) is 0 Å². The highest BCUT2D eigenvalue weighted by molar-refractivity contribution is 6.24. The maximum Gasteiger partial charge on any atom is 0.0468 e. The lowest BCUT2D eigenvalue weighted by molar-refractivity contribution is 0.660. The molecule has 0 saturated heterocycles. The van der Waals surface area contributed by atoms with E-state index in [0.717, 1.165) is 17.1 Å². The smallest absolute Gasteiger partial charge is 0.0468 e. The Morgan fingerprint density at radius 1 is 0.243 bits per heavy atom. The van der Waals surface area contributed by atoms with Crippen molar-refractivity contribution in [2.75, 3.05) is 4.90 Å². The molecule has 0 spiro atoms. The molecule has 3 aliphatic rings. The van der Waals surface area contributed by atoms with Gasteiger partial charge < -0.3 is 4.90 Å². The maximum absolute atomic E-state index is 2.50. The SMILES string of the molecule is CC1(C)c2ccccc2-c2ccc(-c3c4ccccc4c(-c4ccc5cc(N(c6ccc7c(c6)C(C)(C)c6ccccc6-7)c6ccc7c(c6)C(C)(C)c6ccccc6-7)ccc5c4)c4cc5ccccc5cc34)cc21. The zero-order valence-electron chi connectivity index (χ0n) is 42.8. The summed E-state index contributed by atoms with van der Waals surface area (Å²) in [6.07, 6.45) is 0. The highest BCUT2D eigenvalue weighted by Crippen LogP contribution is 2.55. The van der Waals surface area contributed by atoms with Crippen molar-refractivity contribution in [3.8, 4) is 55.6 Å². The number of rotatable bonds is 5. The third-order valence-corrected chi connectivity index (χ3v) is 17.8. The molecule has 0 bridgehead atoms. The highest BCUT2D eigenvalue weighted by Gasteiger charge is 2.39. The monoisotopic (exact) mass is 945 g/mol. The number of hydrogen-bond acceptors (Lipinski definition) is 1. The van der Waals surface area contributed by atoms with Crippen LogP contribution >= 0.6 is 0 Å². The van der Waals surface area contributed by atoms with Crippen LogP contribution in [0.3, 0.4) is 0 Å². The second-order valence-corrected chi connectivity index (χ2v) is 22.9. The van der Waals surface area contributed by atoms with Gasteiger partial charge in [-0.1, -0.05) is 205 Å². The first-order valence-corrected chi connectivity index (χ1v) is 26.4. The molecule has 0 aromatic heterocycles. The predicted molar refractivity (Wildman–Crippen MR) is 315 cm³/mol. The number of nitrogens with zero attached hydrogens (tertiary/aromatic N) is 1. The number of benzene rings is 12. The van der Waals surface area contributed by atoms with Crippen molar-refractivity contribution in [2.24, 2.45) is 0 Å². The minimum atomic E-state index is -0.127. The Morgan fingerprint density at radius 2 is 0.581 bits per heavy atom. The van der Waals surface area contributed by atoms with Crippen LogP contribution in [0, 0.1) is 0 Å². The minimum absolute atomic E-state index is 0.0998. The first-order chi connectivity index (χ1) is 35.9. The summed E-state index contributed by atoms with van der Waals surface area (Å²) in [5.41, 5.74) is 24.5.